The molecule has 1 aromatic rings. The molecule has 6 rings (SSSR count). The number of rotatable bonds is 3. The van der Waals surface area contributed by atoms with Gasteiger partial charge in [0, 0.05) is 6.04 Å². The summed E-state index contributed by atoms with van der Waals surface area (Å²) in [6, 6.07) is 0.428. The number of hydrogen-bond donors (Lipinski definition) is 1. The van der Waals surface area contributed by atoms with E-state index in [9.17, 15) is 4.79 Å². The van der Waals surface area contributed by atoms with E-state index in [2.05, 4.69) is 10.4 Å². The molecule has 1 aromatic heterocycles. The van der Waals surface area contributed by atoms with Crippen LogP contribution in [0.2, 0.25) is 5.02 Å². The topological polar surface area (TPSA) is 46.9 Å². The van der Waals surface area contributed by atoms with Crippen molar-refractivity contribution in [1.82, 2.24) is 9.78 Å². The van der Waals surface area contributed by atoms with Crippen LogP contribution in [0, 0.1) is 17.8 Å². The van der Waals surface area contributed by atoms with Crippen LogP contribution in [-0.4, -0.2) is 15.8 Å². The summed E-state index contributed by atoms with van der Waals surface area (Å²) in [5, 5.41) is 8.28. The number of hydrogen-bond acceptors (Lipinski definition) is 3. The number of anilines is 1. The Morgan fingerprint density at radius 1 is 1.14 bits per heavy atom. The van der Waals surface area contributed by atoms with Gasteiger partial charge in [-0.15, -0.1) is 0 Å². The van der Waals surface area contributed by atoms with E-state index in [4.69, 9.17) is 11.6 Å². The van der Waals surface area contributed by atoms with Gasteiger partial charge < -0.3 is 5.32 Å². The monoisotopic (exact) mass is 319 g/mol. The van der Waals surface area contributed by atoms with Crippen molar-refractivity contribution in [2.24, 2.45) is 17.8 Å². The van der Waals surface area contributed by atoms with Crippen LogP contribution in [0.3, 0.4) is 0 Å². The predicted molar refractivity (Wildman–Crippen MR) is 86.3 cm³/mol. The van der Waals surface area contributed by atoms with E-state index in [1.807, 2.05) is 4.68 Å². The lowest BCUT2D eigenvalue weighted by atomic mass is 9.53. The Hall–Kier alpha value is -1.03. The Kier molecular flexibility index (Phi) is 2.74. The van der Waals surface area contributed by atoms with Crippen molar-refractivity contribution in [2.75, 3.05) is 5.32 Å². The number of aromatic nitrogens is 2. The molecule has 5 aliphatic rings. The third-order valence-electron chi connectivity index (χ3n) is 6.31. The summed E-state index contributed by atoms with van der Waals surface area (Å²) in [7, 11) is 0. The Balaban J connectivity index is 1.58. The smallest absolute Gasteiger partial charge is 0.292 e. The molecule has 1 heterocycles. The van der Waals surface area contributed by atoms with Crippen molar-refractivity contribution >= 4 is 17.3 Å². The van der Waals surface area contributed by atoms with E-state index < -0.39 is 0 Å². The second kappa shape index (κ2) is 4.50. The fourth-order valence-electron chi connectivity index (χ4n) is 5.66. The minimum Gasteiger partial charge on any atom is -0.377 e. The lowest BCUT2D eigenvalue weighted by Gasteiger charge is -2.56. The summed E-state index contributed by atoms with van der Waals surface area (Å²) >= 11 is 6.24. The molecule has 0 radical (unpaired) electrons. The molecular formula is C17H22ClN3O. The SMILES string of the molecule is O=c1c(NC2CC2)c(Cl)cnn1C12CC3CC(CC(C3)C1)C2. The Labute approximate surface area is 135 Å². The normalized spacial score (nSPS) is 39.2. The Morgan fingerprint density at radius 3 is 2.27 bits per heavy atom. The van der Waals surface area contributed by atoms with Gasteiger partial charge in [0.15, 0.2) is 0 Å². The maximum absolute atomic E-state index is 13.0. The first-order valence-electron chi connectivity index (χ1n) is 8.68. The third-order valence-corrected chi connectivity index (χ3v) is 6.60. The maximum atomic E-state index is 13.0. The number of nitrogens with one attached hydrogen (secondary N) is 1. The molecule has 5 aliphatic carbocycles. The molecule has 0 atom stereocenters. The van der Waals surface area contributed by atoms with E-state index in [0.717, 1.165) is 49.9 Å². The molecule has 22 heavy (non-hydrogen) atoms. The van der Waals surface area contributed by atoms with Gasteiger partial charge in [0.2, 0.25) is 0 Å². The third kappa shape index (κ3) is 1.96. The summed E-state index contributed by atoms with van der Waals surface area (Å²) in [5.74, 6) is 2.40. The van der Waals surface area contributed by atoms with Crippen LogP contribution in [0.15, 0.2) is 11.0 Å². The van der Waals surface area contributed by atoms with Gasteiger partial charge in [-0.1, -0.05) is 11.6 Å². The molecule has 0 unspecified atom stereocenters. The molecule has 4 nitrogen and oxygen atoms in total. The van der Waals surface area contributed by atoms with Crippen LogP contribution in [0.25, 0.3) is 0 Å². The zero-order valence-corrected chi connectivity index (χ0v) is 13.5. The van der Waals surface area contributed by atoms with Gasteiger partial charge in [-0.3, -0.25) is 4.79 Å². The summed E-state index contributed by atoms with van der Waals surface area (Å²) in [4.78, 5) is 13.0. The molecule has 0 aromatic carbocycles. The standard InChI is InChI=1S/C17H22ClN3O/c18-14-9-19-21(16(22)15(14)20-13-1-2-13)17-6-10-3-11(7-17)5-12(4-10)8-17/h9-13,20H,1-8H2. The number of halogens is 1. The van der Waals surface area contributed by atoms with Gasteiger partial charge in [-0.2, -0.15) is 5.10 Å². The summed E-state index contributed by atoms with van der Waals surface area (Å²) in [5.41, 5.74) is 0.549. The molecule has 1 N–H and O–H groups in total. The van der Waals surface area contributed by atoms with Crippen LogP contribution in [0.4, 0.5) is 5.69 Å². The van der Waals surface area contributed by atoms with Gasteiger partial charge >= 0.3 is 0 Å². The predicted octanol–water partition coefficient (Wildman–Crippen LogP) is 3.40. The van der Waals surface area contributed by atoms with Crippen molar-refractivity contribution in [3.63, 3.8) is 0 Å². The first kappa shape index (κ1) is 13.4. The molecule has 0 saturated heterocycles. The van der Waals surface area contributed by atoms with Gasteiger partial charge in [-0.05, 0) is 69.1 Å². The molecule has 0 amide bonds. The highest BCUT2D eigenvalue weighted by Crippen LogP contribution is 2.58. The molecule has 118 valence electrons. The number of nitrogens with zero attached hydrogens (tertiary/aromatic N) is 2. The van der Waals surface area contributed by atoms with Crippen LogP contribution in [0.1, 0.15) is 51.4 Å². The molecule has 5 heteroatoms. The highest BCUT2D eigenvalue weighted by molar-refractivity contribution is 6.33. The molecule has 0 spiro atoms. The van der Waals surface area contributed by atoms with E-state index in [-0.39, 0.29) is 11.1 Å². The van der Waals surface area contributed by atoms with E-state index >= 15 is 0 Å². The van der Waals surface area contributed by atoms with Crippen molar-refractivity contribution in [1.29, 1.82) is 0 Å². The average Bonchev–Trinajstić information content (AvgIpc) is 3.25. The molecule has 5 saturated carbocycles. The van der Waals surface area contributed by atoms with Crippen molar-refractivity contribution in [3.8, 4) is 0 Å². The quantitative estimate of drug-likeness (QED) is 0.929. The van der Waals surface area contributed by atoms with Gasteiger partial charge in [0.05, 0.1) is 16.8 Å². The van der Waals surface area contributed by atoms with Crippen LogP contribution in [-0.2, 0) is 5.54 Å². The lowest BCUT2D eigenvalue weighted by molar-refractivity contribution is -0.0518. The molecular weight excluding hydrogens is 298 g/mol. The molecule has 4 bridgehead atoms. The largest absolute Gasteiger partial charge is 0.377 e. The van der Waals surface area contributed by atoms with Gasteiger partial charge in [0.25, 0.3) is 5.56 Å². The summed E-state index contributed by atoms with van der Waals surface area (Å²) < 4.78 is 1.81. The lowest BCUT2D eigenvalue weighted by Crippen LogP contribution is -2.55. The van der Waals surface area contributed by atoms with Crippen LogP contribution < -0.4 is 10.9 Å². The average molecular weight is 320 g/mol. The zero-order valence-electron chi connectivity index (χ0n) is 12.7. The van der Waals surface area contributed by atoms with E-state index in [0.29, 0.717) is 16.8 Å². The van der Waals surface area contributed by atoms with E-state index in [1.54, 1.807) is 6.20 Å². The van der Waals surface area contributed by atoms with Crippen molar-refractivity contribution < 1.29 is 0 Å². The first-order chi connectivity index (χ1) is 10.6. The molecule has 0 aliphatic heterocycles. The minimum absolute atomic E-state index is 0.00125. The Morgan fingerprint density at radius 2 is 1.73 bits per heavy atom. The minimum atomic E-state index is -0.0313. The molecule has 5 fully saturated rings. The second-order valence-corrected chi connectivity index (χ2v) is 8.55. The fraction of sp³-hybridized carbons (Fsp3) is 0.765. The van der Waals surface area contributed by atoms with Crippen molar-refractivity contribution in [3.05, 3.63) is 21.6 Å². The first-order valence-corrected chi connectivity index (χ1v) is 9.06. The summed E-state index contributed by atoms with van der Waals surface area (Å²) in [6.07, 6.45) is 11.5. The summed E-state index contributed by atoms with van der Waals surface area (Å²) in [6.45, 7) is 0. The fourth-order valence-corrected chi connectivity index (χ4v) is 5.84. The maximum Gasteiger partial charge on any atom is 0.292 e. The van der Waals surface area contributed by atoms with Crippen LogP contribution in [0.5, 0.6) is 0 Å². The zero-order chi connectivity index (χ0) is 14.9. The highest BCUT2D eigenvalue weighted by atomic mass is 35.5. The van der Waals surface area contributed by atoms with Crippen LogP contribution >= 0.6 is 11.6 Å². The highest BCUT2D eigenvalue weighted by Gasteiger charge is 2.53. The van der Waals surface area contributed by atoms with Gasteiger partial charge in [0.1, 0.15) is 5.69 Å². The van der Waals surface area contributed by atoms with Gasteiger partial charge in [-0.25, -0.2) is 4.68 Å². The Bertz CT molecular complexity index is 644. The van der Waals surface area contributed by atoms with E-state index in [1.165, 1.54) is 19.3 Å². The second-order valence-electron chi connectivity index (χ2n) is 8.14. The van der Waals surface area contributed by atoms with Crippen molar-refractivity contribution in [2.45, 2.75) is 62.9 Å².